The van der Waals surface area contributed by atoms with Crippen LogP contribution in [-0.4, -0.2) is 37.3 Å². The highest BCUT2D eigenvalue weighted by Crippen LogP contribution is 2.25. The van der Waals surface area contributed by atoms with Crippen molar-refractivity contribution in [1.82, 2.24) is 14.5 Å². The Hall–Kier alpha value is -3.19. The summed E-state index contributed by atoms with van der Waals surface area (Å²) in [7, 11) is 0. The van der Waals surface area contributed by atoms with Gasteiger partial charge >= 0.3 is 5.97 Å². The lowest BCUT2D eigenvalue weighted by atomic mass is 9.95. The molecule has 3 aromatic rings. The Morgan fingerprint density at radius 2 is 2.03 bits per heavy atom. The lowest BCUT2D eigenvalue weighted by molar-refractivity contribution is -0.137. The number of aryl methyl sites for hydroxylation is 2. The van der Waals surface area contributed by atoms with E-state index < -0.39 is 12.1 Å². The Labute approximate surface area is 181 Å². The van der Waals surface area contributed by atoms with Gasteiger partial charge in [0.2, 0.25) is 0 Å². The Bertz CT molecular complexity index is 1020. The van der Waals surface area contributed by atoms with Crippen molar-refractivity contribution >= 4 is 11.8 Å². The van der Waals surface area contributed by atoms with Crippen LogP contribution in [0.4, 0.5) is 5.82 Å². The lowest BCUT2D eigenvalue weighted by Gasteiger charge is -2.19. The molecule has 2 atom stereocenters. The summed E-state index contributed by atoms with van der Waals surface area (Å²) in [4.78, 5) is 20.4. The van der Waals surface area contributed by atoms with Crippen LogP contribution in [0, 0.1) is 0 Å². The molecule has 0 saturated carbocycles. The van der Waals surface area contributed by atoms with Crippen LogP contribution in [0.3, 0.4) is 0 Å². The summed E-state index contributed by atoms with van der Waals surface area (Å²) in [5.74, 6) is -0.0552. The highest BCUT2D eigenvalue weighted by molar-refractivity contribution is 5.68. The van der Waals surface area contributed by atoms with Gasteiger partial charge in [-0.2, -0.15) is 0 Å². The number of aliphatic hydroxyl groups excluding tert-OH is 1. The molecule has 3 heterocycles. The van der Waals surface area contributed by atoms with Gasteiger partial charge in [0.1, 0.15) is 5.82 Å². The van der Waals surface area contributed by atoms with Crippen molar-refractivity contribution < 1.29 is 15.0 Å². The number of imidazole rings is 1. The summed E-state index contributed by atoms with van der Waals surface area (Å²) in [6.45, 7) is 1.47. The van der Waals surface area contributed by atoms with Gasteiger partial charge in [0.25, 0.3) is 0 Å². The number of anilines is 1. The second-order valence-corrected chi connectivity index (χ2v) is 8.10. The molecular weight excluding hydrogens is 392 g/mol. The van der Waals surface area contributed by atoms with Gasteiger partial charge in [-0.15, -0.1) is 0 Å². The Balaban J connectivity index is 1.36. The standard InChI is InChI=1S/C24H28N4O3/c29-22(21-10-8-18-7-4-12-25-24(18)27-21)11-9-20-15-28(16-26-20)14-19(13-23(30)31)17-5-2-1-3-6-17/h1-3,5-6,8,10,15-16,19,22,29H,4,7,9,11-14H2,(H,25,27)(H,30,31). The van der Waals surface area contributed by atoms with E-state index in [1.165, 1.54) is 5.56 Å². The Morgan fingerprint density at radius 3 is 2.84 bits per heavy atom. The largest absolute Gasteiger partial charge is 0.481 e. The maximum atomic E-state index is 11.3. The van der Waals surface area contributed by atoms with Gasteiger partial charge in [0, 0.05) is 25.2 Å². The summed E-state index contributed by atoms with van der Waals surface area (Å²) >= 11 is 0. The first kappa shape index (κ1) is 21.1. The number of aliphatic hydroxyl groups is 1. The molecule has 2 unspecified atom stereocenters. The number of fused-ring (bicyclic) bond motifs is 1. The first-order valence-electron chi connectivity index (χ1n) is 10.8. The number of benzene rings is 1. The molecule has 0 radical (unpaired) electrons. The van der Waals surface area contributed by atoms with E-state index in [0.717, 1.165) is 36.5 Å². The van der Waals surface area contributed by atoms with Gasteiger partial charge < -0.3 is 20.1 Å². The summed E-state index contributed by atoms with van der Waals surface area (Å²) in [5, 5.41) is 23.2. The lowest BCUT2D eigenvalue weighted by Crippen LogP contribution is -2.15. The smallest absolute Gasteiger partial charge is 0.304 e. The van der Waals surface area contributed by atoms with Crippen molar-refractivity contribution in [2.75, 3.05) is 11.9 Å². The molecule has 31 heavy (non-hydrogen) atoms. The second-order valence-electron chi connectivity index (χ2n) is 8.10. The minimum absolute atomic E-state index is 0.0638. The van der Waals surface area contributed by atoms with E-state index in [1.54, 1.807) is 6.33 Å². The van der Waals surface area contributed by atoms with Crippen molar-refractivity contribution in [3.63, 3.8) is 0 Å². The number of carboxylic acids is 1. The van der Waals surface area contributed by atoms with Crippen LogP contribution in [0.5, 0.6) is 0 Å². The monoisotopic (exact) mass is 420 g/mol. The van der Waals surface area contributed by atoms with Crippen molar-refractivity contribution in [1.29, 1.82) is 0 Å². The molecule has 0 aliphatic carbocycles. The Morgan fingerprint density at radius 1 is 1.19 bits per heavy atom. The fourth-order valence-corrected chi connectivity index (χ4v) is 4.08. The topological polar surface area (TPSA) is 100 Å². The molecule has 7 heteroatoms. The maximum absolute atomic E-state index is 11.3. The number of hydrogen-bond donors (Lipinski definition) is 3. The number of hydrogen-bond acceptors (Lipinski definition) is 5. The van der Waals surface area contributed by atoms with Gasteiger partial charge in [-0.25, -0.2) is 9.97 Å². The predicted molar refractivity (Wildman–Crippen MR) is 118 cm³/mol. The number of aliphatic carboxylic acids is 1. The minimum atomic E-state index is -0.815. The molecule has 1 aliphatic rings. The van der Waals surface area contributed by atoms with E-state index in [0.29, 0.717) is 25.1 Å². The zero-order valence-electron chi connectivity index (χ0n) is 17.4. The molecule has 2 aromatic heterocycles. The predicted octanol–water partition coefficient (Wildman–Crippen LogP) is 3.56. The fourth-order valence-electron chi connectivity index (χ4n) is 4.08. The first-order valence-corrected chi connectivity index (χ1v) is 10.8. The first-order chi connectivity index (χ1) is 15.1. The van der Waals surface area contributed by atoms with E-state index in [-0.39, 0.29) is 12.3 Å². The molecule has 0 amide bonds. The minimum Gasteiger partial charge on any atom is -0.481 e. The van der Waals surface area contributed by atoms with Crippen LogP contribution in [-0.2, 0) is 24.2 Å². The van der Waals surface area contributed by atoms with Crippen molar-refractivity contribution in [2.24, 2.45) is 0 Å². The van der Waals surface area contributed by atoms with Crippen molar-refractivity contribution in [3.8, 4) is 0 Å². The van der Waals surface area contributed by atoms with E-state index in [4.69, 9.17) is 0 Å². The van der Waals surface area contributed by atoms with Gasteiger partial charge in [0.05, 0.1) is 30.2 Å². The Kier molecular flexibility index (Phi) is 6.62. The molecule has 1 aromatic carbocycles. The number of rotatable bonds is 9. The van der Waals surface area contributed by atoms with E-state index in [1.807, 2.05) is 53.2 Å². The molecule has 0 fully saturated rings. The molecule has 162 valence electrons. The van der Waals surface area contributed by atoms with Crippen LogP contribution in [0.1, 0.15) is 53.8 Å². The summed E-state index contributed by atoms with van der Waals surface area (Å²) in [6.07, 6.45) is 6.37. The highest BCUT2D eigenvalue weighted by Gasteiger charge is 2.18. The number of carboxylic acid groups (broad SMARTS) is 1. The van der Waals surface area contributed by atoms with Crippen molar-refractivity contribution in [2.45, 2.75) is 50.7 Å². The van der Waals surface area contributed by atoms with Gasteiger partial charge in [-0.1, -0.05) is 36.4 Å². The summed E-state index contributed by atoms with van der Waals surface area (Å²) in [6, 6.07) is 13.7. The number of nitrogens with zero attached hydrogens (tertiary/aromatic N) is 3. The molecular formula is C24H28N4O3. The van der Waals surface area contributed by atoms with Crippen LogP contribution in [0.25, 0.3) is 0 Å². The molecule has 1 aliphatic heterocycles. The SMILES string of the molecule is O=C(O)CC(Cn1cnc(CCC(O)c2ccc3c(n2)NCCC3)c1)c1ccccc1. The van der Waals surface area contributed by atoms with Crippen molar-refractivity contribution in [3.05, 3.63) is 77.5 Å². The van der Waals surface area contributed by atoms with Gasteiger partial charge in [-0.3, -0.25) is 4.79 Å². The van der Waals surface area contributed by atoms with E-state index in [2.05, 4.69) is 15.3 Å². The molecule has 0 spiro atoms. The molecule has 4 rings (SSSR count). The zero-order chi connectivity index (χ0) is 21.6. The summed E-state index contributed by atoms with van der Waals surface area (Å²) in [5.41, 5.74) is 3.76. The fraction of sp³-hybridized carbons (Fsp3) is 0.375. The number of aromatic nitrogens is 3. The maximum Gasteiger partial charge on any atom is 0.304 e. The van der Waals surface area contributed by atoms with Crippen LogP contribution in [0.15, 0.2) is 55.0 Å². The average molecular weight is 421 g/mol. The zero-order valence-corrected chi connectivity index (χ0v) is 17.4. The number of nitrogens with one attached hydrogen (secondary N) is 1. The van der Waals surface area contributed by atoms with E-state index >= 15 is 0 Å². The number of carbonyl (C=O) groups is 1. The average Bonchev–Trinajstić information content (AvgIpc) is 3.24. The van der Waals surface area contributed by atoms with Crippen LogP contribution >= 0.6 is 0 Å². The van der Waals surface area contributed by atoms with Gasteiger partial charge in [0.15, 0.2) is 0 Å². The third-order valence-corrected chi connectivity index (χ3v) is 5.74. The van der Waals surface area contributed by atoms with Gasteiger partial charge in [-0.05, 0) is 42.9 Å². The van der Waals surface area contributed by atoms with Crippen LogP contribution < -0.4 is 5.32 Å². The normalized spacial score (nSPS) is 15.0. The molecule has 7 nitrogen and oxygen atoms in total. The third-order valence-electron chi connectivity index (χ3n) is 5.74. The number of pyridine rings is 1. The molecule has 0 saturated heterocycles. The summed E-state index contributed by atoms with van der Waals surface area (Å²) < 4.78 is 1.93. The highest BCUT2D eigenvalue weighted by atomic mass is 16.4. The van der Waals surface area contributed by atoms with E-state index in [9.17, 15) is 15.0 Å². The molecule has 0 bridgehead atoms. The quantitative estimate of drug-likeness (QED) is 0.489. The molecule has 3 N–H and O–H groups in total. The van der Waals surface area contributed by atoms with Crippen LogP contribution in [0.2, 0.25) is 0 Å². The third kappa shape index (κ3) is 5.49. The second kappa shape index (κ2) is 9.75.